The summed E-state index contributed by atoms with van der Waals surface area (Å²) < 4.78 is 46.5. The summed E-state index contributed by atoms with van der Waals surface area (Å²) in [6.45, 7) is 1.99. The zero-order chi connectivity index (χ0) is 22.1. The van der Waals surface area contributed by atoms with Crippen LogP contribution in [0.5, 0.6) is 5.88 Å². The molecule has 0 saturated heterocycles. The molecule has 0 unspecified atom stereocenters. The summed E-state index contributed by atoms with van der Waals surface area (Å²) in [5.41, 5.74) is 0.0431. The van der Waals surface area contributed by atoms with Crippen LogP contribution in [0.4, 0.5) is 13.2 Å². The maximum absolute atomic E-state index is 13.2. The van der Waals surface area contributed by atoms with Crippen molar-refractivity contribution in [3.05, 3.63) is 29.2 Å². The SMILES string of the molecule is CCSc1cc(C2(C#N)CC2)cnc1-c1nc(/C=C(\NC)C(F)(F)F)c(OC)n1C. The van der Waals surface area contributed by atoms with E-state index >= 15 is 0 Å². The Labute approximate surface area is 177 Å². The Kier molecular flexibility index (Phi) is 6.04. The number of rotatable bonds is 7. The number of nitrogens with one attached hydrogen (secondary N) is 1. The summed E-state index contributed by atoms with van der Waals surface area (Å²) in [6.07, 6.45) is -0.363. The normalized spacial score (nSPS) is 15.6. The van der Waals surface area contributed by atoms with Crippen LogP contribution in [-0.4, -0.2) is 40.6 Å². The third-order valence-corrected chi connectivity index (χ3v) is 5.91. The minimum atomic E-state index is -4.55. The van der Waals surface area contributed by atoms with Gasteiger partial charge in [0, 0.05) is 25.2 Å². The number of ether oxygens (including phenoxy) is 1. The molecular weight excluding hydrogens is 415 g/mol. The molecule has 30 heavy (non-hydrogen) atoms. The van der Waals surface area contributed by atoms with Gasteiger partial charge in [0.2, 0.25) is 5.88 Å². The van der Waals surface area contributed by atoms with Gasteiger partial charge in [0.05, 0.1) is 18.6 Å². The van der Waals surface area contributed by atoms with Crippen LogP contribution in [0.2, 0.25) is 0 Å². The summed E-state index contributed by atoms with van der Waals surface area (Å²) in [6, 6.07) is 4.30. The third kappa shape index (κ3) is 3.99. The van der Waals surface area contributed by atoms with Gasteiger partial charge in [-0.1, -0.05) is 6.92 Å². The van der Waals surface area contributed by atoms with Gasteiger partial charge in [0.25, 0.3) is 0 Å². The molecule has 2 heterocycles. The standard InChI is InChI=1S/C20H22F3N5OS/c1-5-30-14-8-12(19(11-24)6-7-19)10-26-16(14)17-27-13(18(29-4)28(17)3)9-15(25-2)20(21,22)23/h8-10,25H,5-7H2,1-4H3/b15-9-. The van der Waals surface area contributed by atoms with Crippen LogP contribution < -0.4 is 10.1 Å². The van der Waals surface area contributed by atoms with Crippen LogP contribution >= 0.6 is 11.8 Å². The summed E-state index contributed by atoms with van der Waals surface area (Å²) in [5, 5.41) is 11.6. The molecule has 0 bridgehead atoms. The summed E-state index contributed by atoms with van der Waals surface area (Å²) in [5.74, 6) is 1.35. The summed E-state index contributed by atoms with van der Waals surface area (Å²) in [7, 11) is 4.25. The Hall–Kier alpha value is -2.67. The molecule has 1 fully saturated rings. The minimum Gasteiger partial charge on any atom is -0.481 e. The maximum Gasteiger partial charge on any atom is 0.430 e. The van der Waals surface area contributed by atoms with Gasteiger partial charge in [-0.05, 0) is 36.3 Å². The lowest BCUT2D eigenvalue weighted by atomic mass is 9.99. The van der Waals surface area contributed by atoms with Crippen LogP contribution in [0.1, 0.15) is 31.0 Å². The predicted octanol–water partition coefficient (Wildman–Crippen LogP) is 4.28. The fourth-order valence-electron chi connectivity index (χ4n) is 3.21. The van der Waals surface area contributed by atoms with Crippen molar-refractivity contribution in [2.24, 2.45) is 7.05 Å². The molecule has 0 spiro atoms. The van der Waals surface area contributed by atoms with Crippen molar-refractivity contribution in [1.82, 2.24) is 19.9 Å². The van der Waals surface area contributed by atoms with Crippen molar-refractivity contribution in [2.75, 3.05) is 19.9 Å². The largest absolute Gasteiger partial charge is 0.481 e. The molecule has 0 aromatic carbocycles. The zero-order valence-corrected chi connectivity index (χ0v) is 17.9. The van der Waals surface area contributed by atoms with Crippen molar-refractivity contribution in [3.63, 3.8) is 0 Å². The van der Waals surface area contributed by atoms with Crippen molar-refractivity contribution >= 4 is 17.8 Å². The Balaban J connectivity index is 2.13. The molecule has 1 N–H and O–H groups in total. The number of hydrogen-bond donors (Lipinski definition) is 1. The highest BCUT2D eigenvalue weighted by molar-refractivity contribution is 7.99. The average Bonchev–Trinajstić information content (AvgIpc) is 3.44. The van der Waals surface area contributed by atoms with E-state index in [0.717, 1.165) is 35.1 Å². The van der Waals surface area contributed by atoms with E-state index in [9.17, 15) is 18.4 Å². The lowest BCUT2D eigenvalue weighted by molar-refractivity contribution is -0.0949. The number of methoxy groups -OCH3 is 1. The first-order chi connectivity index (χ1) is 14.2. The van der Waals surface area contributed by atoms with Crippen molar-refractivity contribution in [1.29, 1.82) is 5.26 Å². The quantitative estimate of drug-likeness (QED) is 0.652. The molecule has 1 aliphatic carbocycles. The van der Waals surface area contributed by atoms with Crippen molar-refractivity contribution in [2.45, 2.75) is 36.3 Å². The summed E-state index contributed by atoms with van der Waals surface area (Å²) >= 11 is 1.55. The van der Waals surface area contributed by atoms with Gasteiger partial charge in [-0.25, -0.2) is 4.98 Å². The monoisotopic (exact) mass is 437 g/mol. The lowest BCUT2D eigenvalue weighted by Gasteiger charge is -2.12. The molecule has 2 aromatic rings. The highest BCUT2D eigenvalue weighted by atomic mass is 32.2. The zero-order valence-electron chi connectivity index (χ0n) is 17.1. The Morgan fingerprint density at radius 1 is 1.47 bits per heavy atom. The first-order valence-corrected chi connectivity index (χ1v) is 10.3. The third-order valence-electron chi connectivity index (χ3n) is 5.00. The second-order valence-corrected chi connectivity index (χ2v) is 8.20. The van der Waals surface area contributed by atoms with E-state index in [1.165, 1.54) is 14.2 Å². The van der Waals surface area contributed by atoms with E-state index < -0.39 is 17.3 Å². The highest BCUT2D eigenvalue weighted by Gasteiger charge is 2.45. The van der Waals surface area contributed by atoms with Crippen molar-refractivity contribution in [3.8, 4) is 23.5 Å². The number of aromatic nitrogens is 3. The second kappa shape index (κ2) is 8.22. The number of alkyl halides is 3. The average molecular weight is 437 g/mol. The lowest BCUT2D eigenvalue weighted by Crippen LogP contribution is -2.22. The molecule has 0 amide bonds. The van der Waals surface area contributed by atoms with Gasteiger partial charge in [-0.15, -0.1) is 11.8 Å². The molecule has 1 aliphatic rings. The molecule has 1 saturated carbocycles. The van der Waals surface area contributed by atoms with Crippen molar-refractivity contribution < 1.29 is 17.9 Å². The Morgan fingerprint density at radius 2 is 2.17 bits per heavy atom. The van der Waals surface area contributed by atoms with E-state index in [-0.39, 0.29) is 11.6 Å². The smallest absolute Gasteiger partial charge is 0.430 e. The number of thioether (sulfide) groups is 1. The van der Waals surface area contributed by atoms with Crippen LogP contribution in [0.3, 0.4) is 0 Å². The Bertz CT molecular complexity index is 1020. The van der Waals surface area contributed by atoms with E-state index in [1.54, 1.807) is 29.6 Å². The van der Waals surface area contributed by atoms with Crippen LogP contribution in [0.15, 0.2) is 22.9 Å². The van der Waals surface area contributed by atoms with Crippen LogP contribution in [-0.2, 0) is 12.5 Å². The van der Waals surface area contributed by atoms with Gasteiger partial charge < -0.3 is 10.1 Å². The van der Waals surface area contributed by atoms with E-state index in [0.29, 0.717) is 11.5 Å². The molecule has 0 radical (unpaired) electrons. The van der Waals surface area contributed by atoms with Gasteiger partial charge in [-0.2, -0.15) is 18.4 Å². The number of pyridine rings is 1. The Morgan fingerprint density at radius 3 is 2.67 bits per heavy atom. The van der Waals surface area contributed by atoms with E-state index in [1.807, 2.05) is 13.0 Å². The molecule has 2 aromatic heterocycles. The van der Waals surface area contributed by atoms with Gasteiger partial charge in [0.15, 0.2) is 5.82 Å². The topological polar surface area (TPSA) is 75.8 Å². The first kappa shape index (κ1) is 22.0. The molecule has 6 nitrogen and oxygen atoms in total. The number of hydrogen-bond acceptors (Lipinski definition) is 6. The molecule has 160 valence electrons. The molecule has 10 heteroatoms. The van der Waals surface area contributed by atoms with Gasteiger partial charge in [-0.3, -0.25) is 9.55 Å². The number of imidazole rings is 1. The second-order valence-electron chi connectivity index (χ2n) is 6.89. The highest BCUT2D eigenvalue weighted by Crippen LogP contribution is 2.48. The predicted molar refractivity (Wildman–Crippen MR) is 109 cm³/mol. The minimum absolute atomic E-state index is 0.0469. The number of nitriles is 1. The number of nitrogens with zero attached hydrogens (tertiary/aromatic N) is 4. The fourth-order valence-corrected chi connectivity index (χ4v) is 4.02. The number of halogens is 3. The van der Waals surface area contributed by atoms with Crippen LogP contribution in [0.25, 0.3) is 17.6 Å². The first-order valence-electron chi connectivity index (χ1n) is 9.33. The van der Waals surface area contributed by atoms with Crippen LogP contribution in [0, 0.1) is 11.3 Å². The maximum atomic E-state index is 13.2. The fraction of sp³-hybridized carbons (Fsp3) is 0.450. The van der Waals surface area contributed by atoms with E-state index in [2.05, 4.69) is 21.4 Å². The molecule has 3 rings (SSSR count). The van der Waals surface area contributed by atoms with Gasteiger partial charge in [0.1, 0.15) is 17.1 Å². The number of allylic oxidation sites excluding steroid dienone is 1. The molecule has 0 atom stereocenters. The molecule has 0 aliphatic heterocycles. The van der Waals surface area contributed by atoms with Gasteiger partial charge >= 0.3 is 6.18 Å². The van der Waals surface area contributed by atoms with E-state index in [4.69, 9.17) is 4.74 Å². The molecular formula is C20H22F3N5OS. The summed E-state index contributed by atoms with van der Waals surface area (Å²) in [4.78, 5) is 9.78.